The largest absolute Gasteiger partial charge is 0.411 e. The van der Waals surface area contributed by atoms with E-state index in [4.69, 9.17) is 0 Å². The minimum Gasteiger partial charge on any atom is -0.377 e. The third-order valence-corrected chi connectivity index (χ3v) is 5.00. The third kappa shape index (κ3) is 4.33. The molecule has 1 unspecified atom stereocenters. The molecule has 1 aliphatic rings. The summed E-state index contributed by atoms with van der Waals surface area (Å²) in [7, 11) is 0. The lowest BCUT2D eigenvalue weighted by atomic mass is 9.80. The van der Waals surface area contributed by atoms with E-state index in [2.05, 4.69) is 25.2 Å². The van der Waals surface area contributed by atoms with Crippen molar-refractivity contribution in [2.75, 3.05) is 13.2 Å². The minimum atomic E-state index is -4.45. The topological polar surface area (TPSA) is 86.0 Å². The highest BCUT2D eigenvalue weighted by atomic mass is 19.4. The highest BCUT2D eigenvalue weighted by Crippen LogP contribution is 2.50. The standard InChI is InChI=1S/C20H15F6N5O2/c21-13-4-5-15-14(8-13)17-28-29-30-31(17)10-18(15,32)20(25,26)16-6-3-12(9-27-16)2-1-7-33-11-19(22,23)24/h1-6,8-9,32H,7,10-11H2/b2-1+. The Bertz CT molecular complexity index is 1180. The van der Waals surface area contributed by atoms with Crippen LogP contribution in [0.5, 0.6) is 0 Å². The fourth-order valence-electron chi connectivity index (χ4n) is 3.46. The number of aliphatic hydroxyl groups is 1. The molecule has 0 spiro atoms. The van der Waals surface area contributed by atoms with E-state index < -0.39 is 42.4 Å². The number of rotatable bonds is 6. The first-order valence-electron chi connectivity index (χ1n) is 9.45. The lowest BCUT2D eigenvalue weighted by Gasteiger charge is -2.39. The van der Waals surface area contributed by atoms with Crippen molar-refractivity contribution in [1.82, 2.24) is 25.2 Å². The van der Waals surface area contributed by atoms with Gasteiger partial charge in [-0.1, -0.05) is 24.3 Å². The predicted molar refractivity (Wildman–Crippen MR) is 101 cm³/mol. The van der Waals surface area contributed by atoms with Crippen LogP contribution in [0, 0.1) is 5.82 Å². The van der Waals surface area contributed by atoms with Gasteiger partial charge < -0.3 is 9.84 Å². The van der Waals surface area contributed by atoms with Crippen LogP contribution < -0.4 is 0 Å². The van der Waals surface area contributed by atoms with Gasteiger partial charge in [-0.25, -0.2) is 9.07 Å². The van der Waals surface area contributed by atoms with Gasteiger partial charge in [0.1, 0.15) is 18.1 Å². The molecule has 7 nitrogen and oxygen atoms in total. The van der Waals surface area contributed by atoms with E-state index in [1.54, 1.807) is 0 Å². The van der Waals surface area contributed by atoms with Crippen molar-refractivity contribution in [3.63, 3.8) is 0 Å². The number of pyridine rings is 1. The summed E-state index contributed by atoms with van der Waals surface area (Å²) in [6, 6.07) is 5.19. The Balaban J connectivity index is 1.58. The quantitative estimate of drug-likeness (QED) is 0.438. The monoisotopic (exact) mass is 471 g/mol. The molecule has 1 aromatic carbocycles. The van der Waals surface area contributed by atoms with Gasteiger partial charge in [-0.2, -0.15) is 22.0 Å². The molecule has 33 heavy (non-hydrogen) atoms. The Morgan fingerprint density at radius 2 is 1.94 bits per heavy atom. The van der Waals surface area contributed by atoms with E-state index in [-0.39, 0.29) is 23.6 Å². The molecule has 0 amide bonds. The molecule has 1 aliphatic heterocycles. The van der Waals surface area contributed by atoms with Crippen LogP contribution in [0.3, 0.4) is 0 Å². The summed E-state index contributed by atoms with van der Waals surface area (Å²) in [5.74, 6) is -4.63. The SMILES string of the molecule is OC1(C(F)(F)c2ccc(/C=C/COCC(F)(F)F)cn2)Cn2nnnc2-c2cc(F)ccc21. The Labute approximate surface area is 182 Å². The van der Waals surface area contributed by atoms with Gasteiger partial charge in [0.15, 0.2) is 11.4 Å². The first-order chi connectivity index (χ1) is 15.5. The zero-order valence-electron chi connectivity index (χ0n) is 16.6. The maximum absolute atomic E-state index is 15.6. The molecular weight excluding hydrogens is 456 g/mol. The highest BCUT2D eigenvalue weighted by Gasteiger charge is 2.59. The molecule has 0 radical (unpaired) electrons. The Morgan fingerprint density at radius 1 is 1.15 bits per heavy atom. The molecule has 13 heteroatoms. The number of hydrogen-bond donors (Lipinski definition) is 1. The summed E-state index contributed by atoms with van der Waals surface area (Å²) in [6.45, 7) is -2.45. The van der Waals surface area contributed by atoms with Gasteiger partial charge in [0.25, 0.3) is 0 Å². The molecule has 0 saturated heterocycles. The summed E-state index contributed by atoms with van der Waals surface area (Å²) in [6.07, 6.45) is -0.746. The van der Waals surface area contributed by atoms with Crippen molar-refractivity contribution in [3.05, 3.63) is 65.2 Å². The number of hydrogen-bond acceptors (Lipinski definition) is 6. The summed E-state index contributed by atoms with van der Waals surface area (Å²) in [4.78, 5) is 3.73. The molecule has 0 aliphatic carbocycles. The lowest BCUT2D eigenvalue weighted by Crippen LogP contribution is -2.49. The van der Waals surface area contributed by atoms with Gasteiger partial charge in [-0.3, -0.25) is 4.98 Å². The predicted octanol–water partition coefficient (Wildman–Crippen LogP) is 3.46. The number of aromatic nitrogens is 5. The minimum absolute atomic E-state index is 0.0335. The van der Waals surface area contributed by atoms with Crippen LogP contribution in [0.1, 0.15) is 16.8 Å². The zero-order chi connectivity index (χ0) is 23.9. The average Bonchev–Trinajstić information content (AvgIpc) is 3.21. The van der Waals surface area contributed by atoms with E-state index in [1.165, 1.54) is 18.2 Å². The molecular formula is C20H15F6N5O2. The number of ether oxygens (including phenoxy) is 1. The molecule has 1 atom stereocenters. The number of alkyl halides is 5. The van der Waals surface area contributed by atoms with Crippen molar-refractivity contribution in [1.29, 1.82) is 0 Å². The lowest BCUT2D eigenvalue weighted by molar-refractivity contribution is -0.207. The van der Waals surface area contributed by atoms with Crippen LogP contribution in [-0.4, -0.2) is 49.7 Å². The van der Waals surface area contributed by atoms with Crippen molar-refractivity contribution in [3.8, 4) is 11.4 Å². The Morgan fingerprint density at radius 3 is 2.64 bits per heavy atom. The second-order valence-electron chi connectivity index (χ2n) is 7.29. The van der Waals surface area contributed by atoms with E-state index in [0.29, 0.717) is 5.56 Å². The zero-order valence-corrected chi connectivity index (χ0v) is 16.6. The van der Waals surface area contributed by atoms with Crippen LogP contribution in [0.2, 0.25) is 0 Å². The molecule has 1 N–H and O–H groups in total. The van der Waals surface area contributed by atoms with Gasteiger partial charge in [-0.05, 0) is 34.2 Å². The normalized spacial score (nSPS) is 18.4. The fraction of sp³-hybridized carbons (Fsp3) is 0.300. The van der Waals surface area contributed by atoms with E-state index >= 15 is 8.78 Å². The van der Waals surface area contributed by atoms with Crippen LogP contribution >= 0.6 is 0 Å². The summed E-state index contributed by atoms with van der Waals surface area (Å²) < 4.78 is 86.4. The first-order valence-corrected chi connectivity index (χ1v) is 9.45. The second kappa shape index (κ2) is 8.23. The molecule has 4 rings (SSSR count). The maximum Gasteiger partial charge on any atom is 0.411 e. The third-order valence-electron chi connectivity index (χ3n) is 5.00. The van der Waals surface area contributed by atoms with Crippen molar-refractivity contribution in [2.45, 2.75) is 24.2 Å². The summed E-state index contributed by atoms with van der Waals surface area (Å²) in [5.41, 5.74) is -3.63. The van der Waals surface area contributed by atoms with Crippen LogP contribution in [0.4, 0.5) is 26.3 Å². The number of tetrazole rings is 1. The van der Waals surface area contributed by atoms with Gasteiger partial charge in [-0.15, -0.1) is 5.10 Å². The van der Waals surface area contributed by atoms with Crippen LogP contribution in [-0.2, 0) is 22.8 Å². The van der Waals surface area contributed by atoms with E-state index in [0.717, 1.165) is 35.1 Å². The number of nitrogens with zero attached hydrogens (tertiary/aromatic N) is 5. The number of halogens is 6. The molecule has 174 valence electrons. The van der Waals surface area contributed by atoms with Gasteiger partial charge in [0.2, 0.25) is 0 Å². The molecule has 2 aromatic heterocycles. The van der Waals surface area contributed by atoms with Crippen molar-refractivity contribution in [2.24, 2.45) is 0 Å². The second-order valence-corrected chi connectivity index (χ2v) is 7.29. The fourth-order valence-corrected chi connectivity index (χ4v) is 3.46. The van der Waals surface area contributed by atoms with Crippen molar-refractivity contribution >= 4 is 6.08 Å². The smallest absolute Gasteiger partial charge is 0.377 e. The summed E-state index contributed by atoms with van der Waals surface area (Å²) >= 11 is 0. The molecule has 3 aromatic rings. The highest BCUT2D eigenvalue weighted by molar-refractivity contribution is 5.64. The number of benzene rings is 1. The number of fused-ring (bicyclic) bond motifs is 3. The van der Waals surface area contributed by atoms with Gasteiger partial charge in [0.05, 0.1) is 13.2 Å². The molecule has 3 heterocycles. The van der Waals surface area contributed by atoms with E-state index in [1.807, 2.05) is 0 Å². The average molecular weight is 471 g/mol. The van der Waals surface area contributed by atoms with Gasteiger partial charge >= 0.3 is 12.1 Å². The Hall–Kier alpha value is -3.32. The van der Waals surface area contributed by atoms with Gasteiger partial charge in [0, 0.05) is 17.3 Å². The first kappa shape index (κ1) is 22.9. The maximum atomic E-state index is 15.6. The van der Waals surface area contributed by atoms with Crippen LogP contribution in [0.15, 0.2) is 42.6 Å². The molecule has 0 fully saturated rings. The molecule has 0 bridgehead atoms. The van der Waals surface area contributed by atoms with Crippen LogP contribution in [0.25, 0.3) is 17.5 Å². The van der Waals surface area contributed by atoms with E-state index in [9.17, 15) is 22.7 Å². The Kier molecular flexibility index (Phi) is 5.70. The summed E-state index contributed by atoms with van der Waals surface area (Å²) in [5, 5.41) is 21.9. The molecule has 0 saturated carbocycles. The van der Waals surface area contributed by atoms with Crippen molar-refractivity contribution < 1.29 is 36.2 Å².